The third-order valence-corrected chi connectivity index (χ3v) is 5.55. The third kappa shape index (κ3) is 5.69. The Morgan fingerprint density at radius 2 is 1.66 bits per heavy atom. The summed E-state index contributed by atoms with van der Waals surface area (Å²) in [5, 5.41) is 32.3. The highest BCUT2D eigenvalue weighted by Gasteiger charge is 2.15. The fourth-order valence-electron chi connectivity index (χ4n) is 3.55. The van der Waals surface area contributed by atoms with E-state index in [9.17, 15) is 28.2 Å². The van der Waals surface area contributed by atoms with E-state index in [0.29, 0.717) is 33.6 Å². The zero-order valence-electron chi connectivity index (χ0n) is 18.0. The molecular weight excluding hydrogens is 474 g/mol. The van der Waals surface area contributed by atoms with Crippen LogP contribution < -0.4 is 9.86 Å². The van der Waals surface area contributed by atoms with E-state index >= 15 is 0 Å². The Bertz CT molecular complexity index is 1530. The van der Waals surface area contributed by atoms with Crippen LogP contribution in [-0.2, 0) is 16.8 Å². The van der Waals surface area contributed by atoms with Gasteiger partial charge in [0.2, 0.25) is 0 Å². The number of nitrogens with zero attached hydrogens (tertiary/aromatic N) is 3. The molecule has 178 valence electrons. The minimum absolute atomic E-state index is 0.0102. The van der Waals surface area contributed by atoms with Crippen molar-refractivity contribution in [2.75, 3.05) is 4.72 Å². The molecule has 0 aliphatic heterocycles. The molecule has 0 bridgehead atoms. The van der Waals surface area contributed by atoms with E-state index in [4.69, 9.17) is 5.14 Å². The summed E-state index contributed by atoms with van der Waals surface area (Å²) in [6.07, 6.45) is 1.65. The van der Waals surface area contributed by atoms with E-state index < -0.39 is 22.1 Å². The average molecular weight is 494 g/mol. The van der Waals surface area contributed by atoms with Gasteiger partial charge in [-0.2, -0.15) is 8.42 Å². The van der Waals surface area contributed by atoms with Crippen LogP contribution in [0.5, 0.6) is 0 Å². The number of anilines is 1. The number of benzene rings is 3. The second-order valence-electron chi connectivity index (χ2n) is 7.60. The zero-order chi connectivity index (χ0) is 25.2. The molecule has 0 radical (unpaired) electrons. The van der Waals surface area contributed by atoms with E-state index in [0.717, 1.165) is 0 Å². The van der Waals surface area contributed by atoms with Gasteiger partial charge in [0.25, 0.3) is 10.2 Å². The number of carbonyl (C=O) groups is 2. The van der Waals surface area contributed by atoms with E-state index in [-0.39, 0.29) is 17.7 Å². The number of hydrogen-bond donors (Lipinski definition) is 4. The van der Waals surface area contributed by atoms with E-state index in [1.807, 2.05) is 0 Å². The molecule has 0 atom stereocenters. The number of rotatable bonds is 8. The van der Waals surface area contributed by atoms with Gasteiger partial charge in [-0.25, -0.2) is 19.4 Å². The molecule has 3 aromatic carbocycles. The Morgan fingerprint density at radius 1 is 0.943 bits per heavy atom. The number of nitrogens with two attached hydrogens (primary N) is 1. The van der Waals surface area contributed by atoms with Crippen LogP contribution in [0.4, 0.5) is 5.69 Å². The van der Waals surface area contributed by atoms with Crippen LogP contribution in [0.2, 0.25) is 0 Å². The molecule has 35 heavy (non-hydrogen) atoms. The molecule has 0 spiro atoms. The number of aromatic nitrogens is 3. The summed E-state index contributed by atoms with van der Waals surface area (Å²) in [6, 6.07) is 17.3. The molecule has 0 saturated carbocycles. The molecular formula is C23H19N5O6S. The molecule has 5 N–H and O–H groups in total. The summed E-state index contributed by atoms with van der Waals surface area (Å²) in [7, 11) is -3.88. The van der Waals surface area contributed by atoms with Crippen molar-refractivity contribution in [3.05, 3.63) is 89.6 Å². The minimum Gasteiger partial charge on any atom is -0.478 e. The monoisotopic (exact) mass is 493 g/mol. The van der Waals surface area contributed by atoms with Gasteiger partial charge in [-0.3, -0.25) is 4.72 Å². The van der Waals surface area contributed by atoms with Gasteiger partial charge in [-0.15, -0.1) is 5.10 Å². The molecule has 0 aliphatic carbocycles. The van der Waals surface area contributed by atoms with Crippen molar-refractivity contribution in [3.63, 3.8) is 0 Å². The van der Waals surface area contributed by atoms with Gasteiger partial charge >= 0.3 is 11.9 Å². The predicted molar refractivity (Wildman–Crippen MR) is 127 cm³/mol. The predicted octanol–water partition coefficient (Wildman–Crippen LogP) is 2.67. The number of carboxylic acid groups (broad SMARTS) is 2. The Labute approximate surface area is 199 Å². The van der Waals surface area contributed by atoms with Crippen LogP contribution in [0.3, 0.4) is 0 Å². The maximum atomic E-state index is 11.7. The van der Waals surface area contributed by atoms with Crippen LogP contribution >= 0.6 is 0 Å². The fraction of sp³-hybridized carbons (Fsp3) is 0.0435. The van der Waals surface area contributed by atoms with Crippen molar-refractivity contribution in [1.29, 1.82) is 0 Å². The van der Waals surface area contributed by atoms with Gasteiger partial charge in [-0.1, -0.05) is 35.5 Å². The molecule has 12 heteroatoms. The molecule has 4 aromatic rings. The lowest BCUT2D eigenvalue weighted by Gasteiger charge is -2.10. The van der Waals surface area contributed by atoms with Gasteiger partial charge in [0.05, 0.1) is 23.9 Å². The second kappa shape index (κ2) is 9.37. The van der Waals surface area contributed by atoms with Crippen LogP contribution in [0, 0.1) is 0 Å². The first kappa shape index (κ1) is 23.6. The van der Waals surface area contributed by atoms with Crippen molar-refractivity contribution in [3.8, 4) is 22.4 Å². The van der Waals surface area contributed by atoms with Crippen molar-refractivity contribution in [2.45, 2.75) is 6.54 Å². The second-order valence-corrected chi connectivity index (χ2v) is 8.89. The Kier molecular flexibility index (Phi) is 6.32. The molecule has 0 unspecified atom stereocenters. The summed E-state index contributed by atoms with van der Waals surface area (Å²) < 4.78 is 26.0. The summed E-state index contributed by atoms with van der Waals surface area (Å²) in [5.74, 6) is -2.26. The van der Waals surface area contributed by atoms with E-state index in [1.54, 1.807) is 42.6 Å². The van der Waals surface area contributed by atoms with Gasteiger partial charge in [0.15, 0.2) is 0 Å². The Balaban J connectivity index is 1.63. The number of carboxylic acids is 2. The van der Waals surface area contributed by atoms with Crippen molar-refractivity contribution < 1.29 is 28.2 Å². The normalized spacial score (nSPS) is 11.2. The van der Waals surface area contributed by atoms with E-state index in [2.05, 4.69) is 15.0 Å². The Hall–Kier alpha value is -4.55. The van der Waals surface area contributed by atoms with Gasteiger partial charge in [0.1, 0.15) is 5.69 Å². The van der Waals surface area contributed by atoms with Crippen LogP contribution in [0.1, 0.15) is 26.3 Å². The molecule has 0 aliphatic rings. The topological polar surface area (TPSA) is 178 Å². The SMILES string of the molecule is NS(=O)(=O)Nc1ccc(-c2cn(Cc3cc(C(=O)O)cc(-c4ccccc4C(=O)O)c3)nn2)cc1. The molecule has 4 rings (SSSR count). The third-order valence-electron chi connectivity index (χ3n) is 5.03. The average Bonchev–Trinajstić information content (AvgIpc) is 3.26. The van der Waals surface area contributed by atoms with Crippen molar-refractivity contribution >= 4 is 27.8 Å². The van der Waals surface area contributed by atoms with Crippen LogP contribution in [-0.4, -0.2) is 45.6 Å². The lowest BCUT2D eigenvalue weighted by molar-refractivity contribution is 0.0687. The summed E-state index contributed by atoms with van der Waals surface area (Å²) in [6.45, 7) is 0.182. The van der Waals surface area contributed by atoms with Crippen molar-refractivity contribution in [1.82, 2.24) is 15.0 Å². The first-order valence-corrected chi connectivity index (χ1v) is 11.6. The minimum atomic E-state index is -3.88. The first-order valence-electron chi connectivity index (χ1n) is 10.1. The number of hydrogen-bond acceptors (Lipinski definition) is 6. The lowest BCUT2D eigenvalue weighted by atomic mass is 9.96. The summed E-state index contributed by atoms with van der Waals surface area (Å²) in [4.78, 5) is 23.3. The summed E-state index contributed by atoms with van der Waals surface area (Å²) >= 11 is 0. The highest BCUT2D eigenvalue weighted by molar-refractivity contribution is 7.90. The van der Waals surface area contributed by atoms with E-state index in [1.165, 1.54) is 35.0 Å². The highest BCUT2D eigenvalue weighted by atomic mass is 32.2. The standard InChI is InChI=1S/C23H19N5O6S/c24-35(33,34)26-18-7-5-15(6-8-18)21-13-28(27-25-21)12-14-9-16(11-17(10-14)22(29)30)19-3-1-2-4-20(19)23(31)32/h1-11,13,26H,12H2,(H,29,30)(H,31,32)(H2,24,33,34). The molecule has 11 nitrogen and oxygen atoms in total. The largest absolute Gasteiger partial charge is 0.478 e. The number of aromatic carboxylic acids is 2. The highest BCUT2D eigenvalue weighted by Crippen LogP contribution is 2.27. The van der Waals surface area contributed by atoms with Gasteiger partial charge < -0.3 is 10.2 Å². The smallest absolute Gasteiger partial charge is 0.336 e. The van der Waals surface area contributed by atoms with Crippen molar-refractivity contribution in [2.24, 2.45) is 5.14 Å². The number of nitrogens with one attached hydrogen (secondary N) is 1. The Morgan fingerprint density at radius 3 is 2.31 bits per heavy atom. The molecule has 0 fully saturated rings. The van der Waals surface area contributed by atoms with Crippen LogP contribution in [0.15, 0.2) is 72.9 Å². The maximum absolute atomic E-state index is 11.7. The quantitative estimate of drug-likeness (QED) is 0.289. The molecule has 1 aromatic heterocycles. The van der Waals surface area contributed by atoms with Gasteiger partial charge in [-0.05, 0) is 53.1 Å². The molecule has 0 saturated heterocycles. The fourth-order valence-corrected chi connectivity index (χ4v) is 4.02. The molecule has 1 heterocycles. The van der Waals surface area contributed by atoms with Gasteiger partial charge in [0, 0.05) is 11.3 Å². The molecule has 0 amide bonds. The zero-order valence-corrected chi connectivity index (χ0v) is 18.8. The van der Waals surface area contributed by atoms with Crippen LogP contribution in [0.25, 0.3) is 22.4 Å². The first-order chi connectivity index (χ1) is 16.6. The lowest BCUT2D eigenvalue weighted by Crippen LogP contribution is -2.21. The summed E-state index contributed by atoms with van der Waals surface area (Å²) in [5.41, 5.74) is 2.99. The maximum Gasteiger partial charge on any atom is 0.336 e.